The van der Waals surface area contributed by atoms with Crippen molar-refractivity contribution in [3.05, 3.63) is 51.5 Å². The fourth-order valence-electron chi connectivity index (χ4n) is 1.51. The summed E-state index contributed by atoms with van der Waals surface area (Å²) in [6.07, 6.45) is 0.691. The smallest absolute Gasteiger partial charge is 0.335 e. The highest BCUT2D eigenvalue weighted by Crippen LogP contribution is 2.16. The SMILES string of the molecule is Cc1scnc1Cc1cccc(C(=O)O)c1. The van der Waals surface area contributed by atoms with Crippen molar-refractivity contribution in [2.75, 3.05) is 0 Å². The Morgan fingerprint density at radius 2 is 2.31 bits per heavy atom. The third kappa shape index (κ3) is 2.28. The number of nitrogens with zero attached hydrogens (tertiary/aromatic N) is 1. The number of aromatic carboxylic acids is 1. The molecule has 0 saturated carbocycles. The van der Waals surface area contributed by atoms with Crippen LogP contribution in [0.1, 0.15) is 26.5 Å². The average molecular weight is 233 g/mol. The molecule has 4 heteroatoms. The molecule has 0 spiro atoms. The third-order valence-electron chi connectivity index (χ3n) is 2.39. The number of rotatable bonds is 3. The van der Waals surface area contributed by atoms with Crippen LogP contribution in [0.2, 0.25) is 0 Å². The van der Waals surface area contributed by atoms with Gasteiger partial charge in [-0.25, -0.2) is 9.78 Å². The maximum absolute atomic E-state index is 10.8. The fraction of sp³-hybridized carbons (Fsp3) is 0.167. The molecular formula is C12H11NO2S. The number of benzene rings is 1. The molecule has 1 aromatic heterocycles. The van der Waals surface area contributed by atoms with Crippen molar-refractivity contribution in [1.82, 2.24) is 4.98 Å². The predicted octanol–water partition coefficient (Wildman–Crippen LogP) is 2.74. The van der Waals surface area contributed by atoms with Gasteiger partial charge in [-0.05, 0) is 24.6 Å². The lowest BCUT2D eigenvalue weighted by molar-refractivity contribution is 0.0697. The molecule has 82 valence electrons. The Morgan fingerprint density at radius 1 is 1.50 bits per heavy atom. The van der Waals surface area contributed by atoms with Crippen molar-refractivity contribution in [2.45, 2.75) is 13.3 Å². The van der Waals surface area contributed by atoms with Crippen molar-refractivity contribution in [3.63, 3.8) is 0 Å². The number of carbonyl (C=O) groups is 1. The van der Waals surface area contributed by atoms with Crippen LogP contribution in [-0.4, -0.2) is 16.1 Å². The number of aromatic nitrogens is 1. The lowest BCUT2D eigenvalue weighted by Gasteiger charge is -2.01. The first-order chi connectivity index (χ1) is 7.66. The summed E-state index contributed by atoms with van der Waals surface area (Å²) in [6.45, 7) is 2.02. The van der Waals surface area contributed by atoms with E-state index in [0.29, 0.717) is 12.0 Å². The molecule has 2 rings (SSSR count). The Morgan fingerprint density at radius 3 is 2.94 bits per heavy atom. The second-order valence-electron chi connectivity index (χ2n) is 3.54. The Balaban J connectivity index is 2.25. The van der Waals surface area contributed by atoms with Crippen LogP contribution >= 0.6 is 11.3 Å². The molecule has 2 aromatic rings. The van der Waals surface area contributed by atoms with E-state index in [9.17, 15) is 4.79 Å². The quantitative estimate of drug-likeness (QED) is 0.886. The minimum atomic E-state index is -0.892. The first-order valence-electron chi connectivity index (χ1n) is 4.88. The Kier molecular flexibility index (Phi) is 3.01. The number of carboxylic acids is 1. The zero-order valence-corrected chi connectivity index (χ0v) is 9.62. The first-order valence-corrected chi connectivity index (χ1v) is 5.76. The number of carboxylic acid groups (broad SMARTS) is 1. The lowest BCUT2D eigenvalue weighted by atomic mass is 10.1. The number of aryl methyl sites for hydroxylation is 1. The minimum absolute atomic E-state index is 0.324. The van der Waals surface area contributed by atoms with Gasteiger partial charge in [0.1, 0.15) is 0 Å². The molecule has 1 N–H and O–H groups in total. The van der Waals surface area contributed by atoms with E-state index in [1.54, 1.807) is 29.5 Å². The lowest BCUT2D eigenvalue weighted by Crippen LogP contribution is -1.98. The van der Waals surface area contributed by atoms with Crippen LogP contribution in [0.25, 0.3) is 0 Å². The maximum atomic E-state index is 10.8. The monoisotopic (exact) mass is 233 g/mol. The molecule has 0 aliphatic carbocycles. The summed E-state index contributed by atoms with van der Waals surface area (Å²) in [5.74, 6) is -0.892. The molecule has 0 fully saturated rings. The summed E-state index contributed by atoms with van der Waals surface area (Å²) in [5.41, 5.74) is 4.14. The fourth-order valence-corrected chi connectivity index (χ4v) is 2.10. The average Bonchev–Trinajstić information content (AvgIpc) is 2.65. The number of thiazole rings is 1. The molecular weight excluding hydrogens is 222 g/mol. The predicted molar refractivity (Wildman–Crippen MR) is 63.1 cm³/mol. The highest BCUT2D eigenvalue weighted by Gasteiger charge is 2.06. The molecule has 0 radical (unpaired) electrons. The third-order valence-corrected chi connectivity index (χ3v) is 3.19. The molecule has 0 amide bonds. The van der Waals surface area contributed by atoms with Crippen LogP contribution in [-0.2, 0) is 6.42 Å². The second kappa shape index (κ2) is 4.45. The van der Waals surface area contributed by atoms with Gasteiger partial charge in [-0.1, -0.05) is 12.1 Å². The summed E-state index contributed by atoms with van der Waals surface area (Å²) >= 11 is 1.61. The summed E-state index contributed by atoms with van der Waals surface area (Å²) in [4.78, 5) is 16.2. The van der Waals surface area contributed by atoms with E-state index in [1.165, 1.54) is 4.88 Å². The molecule has 3 nitrogen and oxygen atoms in total. The largest absolute Gasteiger partial charge is 0.478 e. The molecule has 1 heterocycles. The van der Waals surface area contributed by atoms with Crippen LogP contribution < -0.4 is 0 Å². The van der Waals surface area contributed by atoms with Gasteiger partial charge in [-0.15, -0.1) is 11.3 Å². The van der Waals surface area contributed by atoms with Crippen molar-refractivity contribution in [2.24, 2.45) is 0 Å². The van der Waals surface area contributed by atoms with Gasteiger partial charge in [0, 0.05) is 11.3 Å². The normalized spacial score (nSPS) is 10.3. The van der Waals surface area contributed by atoms with Crippen LogP contribution in [0.15, 0.2) is 29.8 Å². The van der Waals surface area contributed by atoms with E-state index in [-0.39, 0.29) is 0 Å². The van der Waals surface area contributed by atoms with Crippen molar-refractivity contribution >= 4 is 17.3 Å². The molecule has 0 unspecified atom stereocenters. The van der Waals surface area contributed by atoms with Crippen LogP contribution in [0, 0.1) is 6.92 Å². The highest BCUT2D eigenvalue weighted by molar-refractivity contribution is 7.09. The highest BCUT2D eigenvalue weighted by atomic mass is 32.1. The first kappa shape index (κ1) is 10.8. The van der Waals surface area contributed by atoms with Gasteiger partial charge in [0.15, 0.2) is 0 Å². The Labute approximate surface area is 97.4 Å². The van der Waals surface area contributed by atoms with Crippen molar-refractivity contribution < 1.29 is 9.90 Å². The van der Waals surface area contributed by atoms with Gasteiger partial charge in [-0.3, -0.25) is 0 Å². The maximum Gasteiger partial charge on any atom is 0.335 e. The molecule has 16 heavy (non-hydrogen) atoms. The van der Waals surface area contributed by atoms with Gasteiger partial charge < -0.3 is 5.11 Å². The minimum Gasteiger partial charge on any atom is -0.478 e. The molecule has 0 aliphatic heterocycles. The molecule has 0 bridgehead atoms. The van der Waals surface area contributed by atoms with Crippen molar-refractivity contribution in [1.29, 1.82) is 0 Å². The zero-order valence-electron chi connectivity index (χ0n) is 8.80. The number of hydrogen-bond acceptors (Lipinski definition) is 3. The van der Waals surface area contributed by atoms with E-state index in [2.05, 4.69) is 4.98 Å². The van der Waals surface area contributed by atoms with Gasteiger partial charge in [0.05, 0.1) is 16.8 Å². The van der Waals surface area contributed by atoms with Crippen LogP contribution in [0.5, 0.6) is 0 Å². The summed E-state index contributed by atoms with van der Waals surface area (Å²) in [5, 5.41) is 8.88. The van der Waals surface area contributed by atoms with Gasteiger partial charge in [0.2, 0.25) is 0 Å². The topological polar surface area (TPSA) is 50.2 Å². The van der Waals surface area contributed by atoms with Gasteiger partial charge in [0.25, 0.3) is 0 Å². The van der Waals surface area contributed by atoms with Gasteiger partial charge in [-0.2, -0.15) is 0 Å². The summed E-state index contributed by atoms with van der Waals surface area (Å²) < 4.78 is 0. The molecule has 0 atom stereocenters. The Bertz CT molecular complexity index is 519. The van der Waals surface area contributed by atoms with Crippen LogP contribution in [0.3, 0.4) is 0 Å². The van der Waals surface area contributed by atoms with E-state index in [1.807, 2.05) is 18.5 Å². The molecule has 1 aromatic carbocycles. The zero-order chi connectivity index (χ0) is 11.5. The van der Waals surface area contributed by atoms with E-state index >= 15 is 0 Å². The van der Waals surface area contributed by atoms with E-state index < -0.39 is 5.97 Å². The standard InChI is InChI=1S/C12H11NO2S/c1-8-11(13-7-16-8)6-9-3-2-4-10(5-9)12(14)15/h2-5,7H,6H2,1H3,(H,14,15). The summed E-state index contributed by atoms with van der Waals surface area (Å²) in [7, 11) is 0. The molecule has 0 aliphatic rings. The summed E-state index contributed by atoms with van der Waals surface area (Å²) in [6, 6.07) is 6.98. The second-order valence-corrected chi connectivity index (χ2v) is 4.60. The van der Waals surface area contributed by atoms with E-state index in [4.69, 9.17) is 5.11 Å². The van der Waals surface area contributed by atoms with Crippen LogP contribution in [0.4, 0.5) is 0 Å². The van der Waals surface area contributed by atoms with E-state index in [0.717, 1.165) is 11.3 Å². The van der Waals surface area contributed by atoms with Crippen molar-refractivity contribution in [3.8, 4) is 0 Å². The molecule has 0 saturated heterocycles. The van der Waals surface area contributed by atoms with Gasteiger partial charge >= 0.3 is 5.97 Å². The Hall–Kier alpha value is -1.68. The number of hydrogen-bond donors (Lipinski definition) is 1.